The molecule has 1 saturated heterocycles. The molecular formula is C16H27Cl2IN2. The molecule has 2 nitrogen and oxygen atoms in total. The van der Waals surface area contributed by atoms with Crippen LogP contribution in [-0.2, 0) is 0 Å². The van der Waals surface area contributed by atoms with Crippen LogP contribution in [0.3, 0.4) is 0 Å². The van der Waals surface area contributed by atoms with Gasteiger partial charge in [-0.05, 0) is 59.0 Å². The third-order valence-corrected chi connectivity index (χ3v) is 4.51. The van der Waals surface area contributed by atoms with Crippen LogP contribution >= 0.6 is 47.4 Å². The summed E-state index contributed by atoms with van der Waals surface area (Å²) in [6.45, 7) is 9.25. The predicted molar refractivity (Wildman–Crippen MR) is 105 cm³/mol. The molecular weight excluding hydrogens is 418 g/mol. The third-order valence-electron chi connectivity index (χ3n) is 3.84. The average molecular weight is 445 g/mol. The van der Waals surface area contributed by atoms with Gasteiger partial charge in [0.15, 0.2) is 0 Å². The molecule has 122 valence electrons. The molecule has 0 amide bonds. The molecule has 0 unspecified atom stereocenters. The van der Waals surface area contributed by atoms with Gasteiger partial charge in [0, 0.05) is 35.8 Å². The van der Waals surface area contributed by atoms with Crippen molar-refractivity contribution in [2.24, 2.45) is 5.92 Å². The summed E-state index contributed by atoms with van der Waals surface area (Å²) in [7, 11) is 0. The van der Waals surface area contributed by atoms with Crippen LogP contribution in [-0.4, -0.2) is 31.1 Å². The molecule has 2 rings (SSSR count). The molecule has 1 aromatic rings. The molecule has 1 aromatic carbocycles. The molecule has 0 saturated carbocycles. The van der Waals surface area contributed by atoms with Gasteiger partial charge in [-0.1, -0.05) is 26.0 Å². The Hall–Kier alpha value is 0.450. The SMILES string of the molecule is CC(C)CC[C@H](c1cccc(I)c1)N1CCNCC1.Cl.Cl. The van der Waals surface area contributed by atoms with Gasteiger partial charge >= 0.3 is 0 Å². The molecule has 1 heterocycles. The quantitative estimate of drug-likeness (QED) is 0.671. The smallest absolute Gasteiger partial charge is 0.0349 e. The number of rotatable bonds is 5. The minimum Gasteiger partial charge on any atom is -0.314 e. The van der Waals surface area contributed by atoms with Crippen molar-refractivity contribution in [2.75, 3.05) is 26.2 Å². The number of nitrogens with zero attached hydrogens (tertiary/aromatic N) is 1. The Morgan fingerprint density at radius 3 is 2.38 bits per heavy atom. The van der Waals surface area contributed by atoms with Crippen LogP contribution in [0.4, 0.5) is 0 Å². The molecule has 1 atom stereocenters. The average Bonchev–Trinajstić information content (AvgIpc) is 2.40. The van der Waals surface area contributed by atoms with Crippen molar-refractivity contribution in [1.82, 2.24) is 10.2 Å². The monoisotopic (exact) mass is 444 g/mol. The van der Waals surface area contributed by atoms with E-state index in [0.29, 0.717) is 6.04 Å². The van der Waals surface area contributed by atoms with E-state index < -0.39 is 0 Å². The van der Waals surface area contributed by atoms with Crippen LogP contribution < -0.4 is 5.32 Å². The fourth-order valence-electron chi connectivity index (χ4n) is 2.76. The van der Waals surface area contributed by atoms with Crippen LogP contribution in [0.2, 0.25) is 0 Å². The van der Waals surface area contributed by atoms with E-state index in [4.69, 9.17) is 0 Å². The fourth-order valence-corrected chi connectivity index (χ4v) is 3.33. The largest absolute Gasteiger partial charge is 0.314 e. The molecule has 1 fully saturated rings. The first-order valence-corrected chi connectivity index (χ1v) is 8.45. The van der Waals surface area contributed by atoms with Gasteiger partial charge in [-0.25, -0.2) is 0 Å². The zero-order valence-electron chi connectivity index (χ0n) is 12.8. The van der Waals surface area contributed by atoms with Gasteiger partial charge in [0.05, 0.1) is 0 Å². The highest BCUT2D eigenvalue weighted by Gasteiger charge is 2.22. The van der Waals surface area contributed by atoms with Gasteiger partial charge in [0.1, 0.15) is 0 Å². The van der Waals surface area contributed by atoms with Crippen molar-refractivity contribution in [3.05, 3.63) is 33.4 Å². The summed E-state index contributed by atoms with van der Waals surface area (Å²) < 4.78 is 1.35. The highest BCUT2D eigenvalue weighted by Crippen LogP contribution is 2.28. The van der Waals surface area contributed by atoms with E-state index in [1.165, 1.54) is 35.1 Å². The van der Waals surface area contributed by atoms with Crippen molar-refractivity contribution >= 4 is 47.4 Å². The van der Waals surface area contributed by atoms with E-state index in [1.807, 2.05) is 0 Å². The molecule has 0 spiro atoms. The van der Waals surface area contributed by atoms with E-state index in [0.717, 1.165) is 19.0 Å². The predicted octanol–water partition coefficient (Wildman–Crippen LogP) is 4.52. The second-order valence-electron chi connectivity index (χ2n) is 5.83. The number of nitrogens with one attached hydrogen (secondary N) is 1. The van der Waals surface area contributed by atoms with Crippen LogP contribution in [0.1, 0.15) is 38.3 Å². The van der Waals surface area contributed by atoms with Crippen LogP contribution in [0.25, 0.3) is 0 Å². The summed E-state index contributed by atoms with van der Waals surface area (Å²) >= 11 is 2.42. The molecule has 1 N–H and O–H groups in total. The first-order chi connectivity index (χ1) is 9.16. The number of halogens is 3. The first-order valence-electron chi connectivity index (χ1n) is 7.37. The second-order valence-corrected chi connectivity index (χ2v) is 7.07. The molecule has 21 heavy (non-hydrogen) atoms. The summed E-state index contributed by atoms with van der Waals surface area (Å²) in [5, 5.41) is 3.45. The highest BCUT2D eigenvalue weighted by atomic mass is 127. The normalized spacial score (nSPS) is 17.0. The van der Waals surface area contributed by atoms with Gasteiger partial charge in [-0.3, -0.25) is 4.90 Å². The lowest BCUT2D eigenvalue weighted by molar-refractivity contribution is 0.160. The van der Waals surface area contributed by atoms with Crippen molar-refractivity contribution in [3.8, 4) is 0 Å². The highest BCUT2D eigenvalue weighted by molar-refractivity contribution is 14.1. The van der Waals surface area contributed by atoms with Gasteiger partial charge in [-0.2, -0.15) is 0 Å². The zero-order chi connectivity index (χ0) is 13.7. The Bertz CT molecular complexity index is 396. The lowest BCUT2D eigenvalue weighted by atomic mass is 9.96. The topological polar surface area (TPSA) is 15.3 Å². The molecule has 1 aliphatic heterocycles. The van der Waals surface area contributed by atoms with Gasteiger partial charge in [0.2, 0.25) is 0 Å². The molecule has 0 bridgehead atoms. The maximum absolute atomic E-state index is 3.45. The van der Waals surface area contributed by atoms with Gasteiger partial charge in [-0.15, -0.1) is 24.8 Å². The minimum absolute atomic E-state index is 0. The number of hydrogen-bond donors (Lipinski definition) is 1. The van der Waals surface area contributed by atoms with Crippen molar-refractivity contribution in [1.29, 1.82) is 0 Å². The van der Waals surface area contributed by atoms with Gasteiger partial charge < -0.3 is 5.32 Å². The zero-order valence-corrected chi connectivity index (χ0v) is 16.6. The number of benzene rings is 1. The maximum atomic E-state index is 3.45. The molecule has 0 aliphatic carbocycles. The Morgan fingerprint density at radius 2 is 1.81 bits per heavy atom. The number of hydrogen-bond acceptors (Lipinski definition) is 2. The summed E-state index contributed by atoms with van der Waals surface area (Å²) in [5.74, 6) is 0.785. The van der Waals surface area contributed by atoms with E-state index in [1.54, 1.807) is 0 Å². The summed E-state index contributed by atoms with van der Waals surface area (Å²) in [4.78, 5) is 2.66. The molecule has 1 aliphatic rings. The van der Waals surface area contributed by atoms with Crippen LogP contribution in [0.15, 0.2) is 24.3 Å². The first kappa shape index (κ1) is 21.4. The molecule has 5 heteroatoms. The van der Waals surface area contributed by atoms with E-state index in [-0.39, 0.29) is 24.8 Å². The van der Waals surface area contributed by atoms with Crippen LogP contribution in [0.5, 0.6) is 0 Å². The lowest BCUT2D eigenvalue weighted by Crippen LogP contribution is -2.45. The summed E-state index contributed by atoms with van der Waals surface area (Å²) in [5.41, 5.74) is 1.49. The maximum Gasteiger partial charge on any atom is 0.0349 e. The summed E-state index contributed by atoms with van der Waals surface area (Å²) in [6, 6.07) is 9.63. The van der Waals surface area contributed by atoms with E-state index in [9.17, 15) is 0 Å². The molecule has 0 radical (unpaired) electrons. The van der Waals surface area contributed by atoms with Crippen molar-refractivity contribution < 1.29 is 0 Å². The van der Waals surface area contributed by atoms with Crippen molar-refractivity contribution in [2.45, 2.75) is 32.7 Å². The number of piperazine rings is 1. The van der Waals surface area contributed by atoms with E-state index in [2.05, 4.69) is 70.9 Å². The minimum atomic E-state index is 0. The lowest BCUT2D eigenvalue weighted by Gasteiger charge is -2.35. The molecule has 0 aromatic heterocycles. The van der Waals surface area contributed by atoms with Crippen molar-refractivity contribution in [3.63, 3.8) is 0 Å². The Kier molecular flexibility index (Phi) is 11.3. The fraction of sp³-hybridized carbons (Fsp3) is 0.625. The third kappa shape index (κ3) is 7.04. The Labute approximate surface area is 155 Å². The second kappa shape index (κ2) is 11.1. The van der Waals surface area contributed by atoms with Crippen LogP contribution in [0, 0.1) is 9.49 Å². The van der Waals surface area contributed by atoms with E-state index >= 15 is 0 Å². The Morgan fingerprint density at radius 1 is 1.14 bits per heavy atom. The Balaban J connectivity index is 0.00000200. The van der Waals surface area contributed by atoms with Gasteiger partial charge in [0.25, 0.3) is 0 Å². The standard InChI is InChI=1S/C16H25IN2.2ClH/c1-13(2)6-7-16(19-10-8-18-9-11-19)14-4-3-5-15(17)12-14;;/h3-5,12-13,16,18H,6-11H2,1-2H3;2*1H/t16-;;/m1../s1. The summed E-state index contributed by atoms with van der Waals surface area (Å²) in [6.07, 6.45) is 2.58.